The van der Waals surface area contributed by atoms with Crippen molar-refractivity contribution >= 4 is 21.6 Å². The average molecular weight is 189 g/mol. The molecule has 64 valence electrons. The lowest BCUT2D eigenvalue weighted by atomic mass is 10.3. The molecule has 2 aromatic heterocycles. The summed E-state index contributed by atoms with van der Waals surface area (Å²) < 4.78 is 0. The van der Waals surface area contributed by atoms with E-state index in [0.717, 1.165) is 15.9 Å². The van der Waals surface area contributed by atoms with Crippen molar-refractivity contribution in [2.24, 2.45) is 5.73 Å². The lowest BCUT2D eigenvalue weighted by Crippen LogP contribution is -1.93. The van der Waals surface area contributed by atoms with Crippen LogP contribution < -0.4 is 5.73 Å². The van der Waals surface area contributed by atoms with Gasteiger partial charge in [0.05, 0.1) is 6.54 Å². The summed E-state index contributed by atoms with van der Waals surface area (Å²) in [5.74, 6) is 5.69. The van der Waals surface area contributed by atoms with Crippen molar-refractivity contribution in [2.75, 3.05) is 6.54 Å². The van der Waals surface area contributed by atoms with Gasteiger partial charge in [-0.3, -0.25) is 0 Å². The van der Waals surface area contributed by atoms with Crippen LogP contribution >= 0.6 is 11.3 Å². The molecule has 3 nitrogen and oxygen atoms in total. The predicted octanol–water partition coefficient (Wildman–Crippen LogP) is 1.00. The maximum Gasteiger partial charge on any atom is 0.127 e. The first kappa shape index (κ1) is 8.17. The molecule has 2 heterocycles. The van der Waals surface area contributed by atoms with Gasteiger partial charge in [-0.25, -0.2) is 9.97 Å². The third-order valence-electron chi connectivity index (χ3n) is 1.57. The van der Waals surface area contributed by atoms with Gasteiger partial charge in [0.15, 0.2) is 0 Å². The Labute approximate surface area is 79.6 Å². The van der Waals surface area contributed by atoms with E-state index in [2.05, 4.69) is 21.8 Å². The Kier molecular flexibility index (Phi) is 2.21. The van der Waals surface area contributed by atoms with Crippen LogP contribution in [0.1, 0.15) is 5.69 Å². The Hall–Kier alpha value is -1.44. The molecule has 0 aliphatic heterocycles. The lowest BCUT2D eigenvalue weighted by Gasteiger charge is -1.90. The highest BCUT2D eigenvalue weighted by atomic mass is 32.1. The van der Waals surface area contributed by atoms with E-state index in [-0.39, 0.29) is 0 Å². The fourth-order valence-electron chi connectivity index (χ4n) is 1.02. The van der Waals surface area contributed by atoms with Gasteiger partial charge in [-0.05, 0) is 17.4 Å². The maximum atomic E-state index is 5.28. The molecule has 2 rings (SSSR count). The van der Waals surface area contributed by atoms with E-state index < -0.39 is 0 Å². The molecular formula is C9H7N3S. The summed E-state index contributed by atoms with van der Waals surface area (Å²) >= 11 is 1.58. The van der Waals surface area contributed by atoms with Crippen LogP contribution in [0.4, 0.5) is 0 Å². The molecule has 13 heavy (non-hydrogen) atoms. The normalized spacial score (nSPS) is 9.62. The van der Waals surface area contributed by atoms with E-state index in [9.17, 15) is 0 Å². The van der Waals surface area contributed by atoms with Gasteiger partial charge >= 0.3 is 0 Å². The molecule has 0 aliphatic carbocycles. The molecule has 2 N–H and O–H groups in total. The summed E-state index contributed by atoms with van der Waals surface area (Å²) in [5, 5.41) is 2.99. The molecular weight excluding hydrogens is 182 g/mol. The number of rotatable bonds is 0. The van der Waals surface area contributed by atoms with Crippen LogP contribution in [0.15, 0.2) is 17.8 Å². The van der Waals surface area contributed by atoms with E-state index >= 15 is 0 Å². The summed E-state index contributed by atoms with van der Waals surface area (Å²) in [7, 11) is 0. The van der Waals surface area contributed by atoms with Crippen LogP contribution in [0.5, 0.6) is 0 Å². The Bertz CT molecular complexity index is 478. The zero-order valence-electron chi connectivity index (χ0n) is 6.82. The van der Waals surface area contributed by atoms with Crippen LogP contribution in [-0.2, 0) is 0 Å². The fraction of sp³-hybridized carbons (Fsp3) is 0.111. The first-order chi connectivity index (χ1) is 6.42. The van der Waals surface area contributed by atoms with E-state index in [4.69, 9.17) is 5.73 Å². The number of nitrogens with zero attached hydrogens (tertiary/aromatic N) is 2. The summed E-state index contributed by atoms with van der Waals surface area (Å²) in [6, 6.07) is 1.97. The molecule has 0 atom stereocenters. The van der Waals surface area contributed by atoms with Crippen LogP contribution in [0.2, 0.25) is 0 Å². The Morgan fingerprint density at radius 1 is 1.46 bits per heavy atom. The molecule has 0 spiro atoms. The number of hydrogen-bond donors (Lipinski definition) is 1. The zero-order chi connectivity index (χ0) is 9.10. The SMILES string of the molecule is NCC#Cc1ncnc2sccc12. The first-order valence-electron chi connectivity index (χ1n) is 3.79. The molecule has 0 fully saturated rings. The smallest absolute Gasteiger partial charge is 0.127 e. The van der Waals surface area contributed by atoms with E-state index in [0.29, 0.717) is 6.54 Å². The Morgan fingerprint density at radius 2 is 2.38 bits per heavy atom. The minimum atomic E-state index is 0.357. The minimum absolute atomic E-state index is 0.357. The van der Waals surface area contributed by atoms with Crippen molar-refractivity contribution in [3.05, 3.63) is 23.5 Å². The monoisotopic (exact) mass is 189 g/mol. The molecule has 0 saturated carbocycles. The van der Waals surface area contributed by atoms with Crippen LogP contribution in [0, 0.1) is 11.8 Å². The minimum Gasteiger partial charge on any atom is -0.320 e. The topological polar surface area (TPSA) is 51.8 Å². The number of aromatic nitrogens is 2. The van der Waals surface area contributed by atoms with E-state index in [1.165, 1.54) is 6.33 Å². The van der Waals surface area contributed by atoms with Gasteiger partial charge in [-0.1, -0.05) is 5.92 Å². The standard InChI is InChI=1S/C9H7N3S/c10-4-1-2-8-7-3-5-13-9(7)12-6-11-8/h3,5-6H,4,10H2. The number of thiophene rings is 1. The van der Waals surface area contributed by atoms with E-state index in [1.54, 1.807) is 11.3 Å². The fourth-order valence-corrected chi connectivity index (χ4v) is 1.76. The highest BCUT2D eigenvalue weighted by molar-refractivity contribution is 7.16. The highest BCUT2D eigenvalue weighted by Crippen LogP contribution is 2.19. The van der Waals surface area contributed by atoms with Gasteiger partial charge in [0, 0.05) is 5.39 Å². The molecule has 0 unspecified atom stereocenters. The van der Waals surface area contributed by atoms with Gasteiger partial charge in [0.1, 0.15) is 16.9 Å². The number of fused-ring (bicyclic) bond motifs is 1. The molecule has 2 aromatic rings. The van der Waals surface area contributed by atoms with Crippen molar-refractivity contribution in [1.29, 1.82) is 0 Å². The Balaban J connectivity index is 2.61. The van der Waals surface area contributed by atoms with Crippen molar-refractivity contribution in [1.82, 2.24) is 9.97 Å². The zero-order valence-corrected chi connectivity index (χ0v) is 7.64. The largest absolute Gasteiger partial charge is 0.320 e. The molecule has 0 aliphatic rings. The predicted molar refractivity (Wildman–Crippen MR) is 53.3 cm³/mol. The number of nitrogens with two attached hydrogens (primary N) is 1. The van der Waals surface area contributed by atoms with Crippen molar-refractivity contribution in [3.63, 3.8) is 0 Å². The maximum absolute atomic E-state index is 5.28. The van der Waals surface area contributed by atoms with Gasteiger partial charge in [0.2, 0.25) is 0 Å². The van der Waals surface area contributed by atoms with Gasteiger partial charge in [0.25, 0.3) is 0 Å². The Morgan fingerprint density at radius 3 is 3.23 bits per heavy atom. The summed E-state index contributed by atoms with van der Waals surface area (Å²) in [6.07, 6.45) is 1.53. The van der Waals surface area contributed by atoms with Gasteiger partial charge in [-0.15, -0.1) is 11.3 Å². The van der Waals surface area contributed by atoms with Crippen LogP contribution in [-0.4, -0.2) is 16.5 Å². The third kappa shape index (κ3) is 1.52. The van der Waals surface area contributed by atoms with Crippen LogP contribution in [0.3, 0.4) is 0 Å². The van der Waals surface area contributed by atoms with Crippen molar-refractivity contribution < 1.29 is 0 Å². The summed E-state index contributed by atoms with van der Waals surface area (Å²) in [4.78, 5) is 9.17. The molecule has 0 saturated heterocycles. The molecule has 0 amide bonds. The molecule has 0 radical (unpaired) electrons. The first-order valence-corrected chi connectivity index (χ1v) is 4.67. The second kappa shape index (κ2) is 3.52. The second-order valence-electron chi connectivity index (χ2n) is 2.37. The molecule has 4 heteroatoms. The van der Waals surface area contributed by atoms with Crippen LogP contribution in [0.25, 0.3) is 10.2 Å². The average Bonchev–Trinajstić information content (AvgIpc) is 2.62. The lowest BCUT2D eigenvalue weighted by molar-refractivity contribution is 1.21. The second-order valence-corrected chi connectivity index (χ2v) is 3.26. The highest BCUT2D eigenvalue weighted by Gasteiger charge is 2.00. The summed E-state index contributed by atoms with van der Waals surface area (Å²) in [5.41, 5.74) is 6.04. The number of hydrogen-bond acceptors (Lipinski definition) is 4. The third-order valence-corrected chi connectivity index (χ3v) is 2.39. The molecule has 0 bridgehead atoms. The van der Waals surface area contributed by atoms with Gasteiger partial charge < -0.3 is 5.73 Å². The van der Waals surface area contributed by atoms with Crippen molar-refractivity contribution in [3.8, 4) is 11.8 Å². The van der Waals surface area contributed by atoms with Gasteiger partial charge in [-0.2, -0.15) is 0 Å². The summed E-state index contributed by atoms with van der Waals surface area (Å²) in [6.45, 7) is 0.357. The van der Waals surface area contributed by atoms with Crippen molar-refractivity contribution in [2.45, 2.75) is 0 Å². The quantitative estimate of drug-likeness (QED) is 0.629. The molecule has 0 aromatic carbocycles. The van der Waals surface area contributed by atoms with E-state index in [1.807, 2.05) is 11.4 Å².